The highest BCUT2D eigenvalue weighted by molar-refractivity contribution is 5.43. The SMILES string of the molecule is COc1cc(N2CCCCC2CN)nc(C)n1. The molecule has 1 unspecified atom stereocenters. The number of rotatable bonds is 3. The molecule has 2 heterocycles. The second kappa shape index (κ2) is 5.31. The average Bonchev–Trinajstić information content (AvgIpc) is 2.37. The first kappa shape index (κ1) is 12.1. The average molecular weight is 236 g/mol. The lowest BCUT2D eigenvalue weighted by Crippen LogP contribution is -2.44. The van der Waals surface area contributed by atoms with Crippen LogP contribution < -0.4 is 15.4 Å². The first-order valence-electron chi connectivity index (χ1n) is 6.11. The molecule has 1 aromatic rings. The van der Waals surface area contributed by atoms with Gasteiger partial charge in [0, 0.05) is 25.2 Å². The zero-order valence-electron chi connectivity index (χ0n) is 10.5. The van der Waals surface area contributed by atoms with Crippen molar-refractivity contribution in [3.63, 3.8) is 0 Å². The van der Waals surface area contributed by atoms with Crippen LogP contribution in [-0.2, 0) is 0 Å². The van der Waals surface area contributed by atoms with E-state index in [1.807, 2.05) is 13.0 Å². The van der Waals surface area contributed by atoms with Crippen LogP contribution in [0.4, 0.5) is 5.82 Å². The Morgan fingerprint density at radius 1 is 1.47 bits per heavy atom. The summed E-state index contributed by atoms with van der Waals surface area (Å²) in [4.78, 5) is 11.0. The van der Waals surface area contributed by atoms with Gasteiger partial charge in [0.1, 0.15) is 11.6 Å². The van der Waals surface area contributed by atoms with Gasteiger partial charge in [0.2, 0.25) is 5.88 Å². The molecular weight excluding hydrogens is 216 g/mol. The topological polar surface area (TPSA) is 64.3 Å². The van der Waals surface area contributed by atoms with Gasteiger partial charge in [-0.25, -0.2) is 4.98 Å². The Morgan fingerprint density at radius 3 is 3.00 bits per heavy atom. The number of hydrogen-bond donors (Lipinski definition) is 1. The highest BCUT2D eigenvalue weighted by Gasteiger charge is 2.23. The van der Waals surface area contributed by atoms with Crippen molar-refractivity contribution in [1.29, 1.82) is 0 Å². The van der Waals surface area contributed by atoms with Gasteiger partial charge in [-0.1, -0.05) is 0 Å². The van der Waals surface area contributed by atoms with Crippen molar-refractivity contribution in [2.24, 2.45) is 5.73 Å². The first-order chi connectivity index (χ1) is 8.24. The summed E-state index contributed by atoms with van der Waals surface area (Å²) in [5.41, 5.74) is 5.82. The quantitative estimate of drug-likeness (QED) is 0.851. The van der Waals surface area contributed by atoms with Crippen molar-refractivity contribution in [1.82, 2.24) is 9.97 Å². The van der Waals surface area contributed by atoms with Crippen LogP contribution >= 0.6 is 0 Å². The van der Waals surface area contributed by atoms with Crippen molar-refractivity contribution in [3.05, 3.63) is 11.9 Å². The molecular formula is C12H20N4O. The number of hydrogen-bond acceptors (Lipinski definition) is 5. The lowest BCUT2D eigenvalue weighted by molar-refractivity contribution is 0.394. The summed E-state index contributed by atoms with van der Waals surface area (Å²) in [5, 5.41) is 0. The number of anilines is 1. The maximum atomic E-state index is 5.82. The largest absolute Gasteiger partial charge is 0.481 e. The van der Waals surface area contributed by atoms with Gasteiger partial charge in [-0.05, 0) is 26.2 Å². The highest BCUT2D eigenvalue weighted by atomic mass is 16.5. The molecule has 0 saturated carbocycles. The Kier molecular flexibility index (Phi) is 3.78. The Balaban J connectivity index is 2.27. The summed E-state index contributed by atoms with van der Waals surface area (Å²) in [6, 6.07) is 2.28. The molecule has 0 radical (unpaired) electrons. The van der Waals surface area contributed by atoms with Crippen LogP contribution in [0.2, 0.25) is 0 Å². The molecule has 1 saturated heterocycles. The van der Waals surface area contributed by atoms with Crippen LogP contribution in [0.3, 0.4) is 0 Å². The maximum absolute atomic E-state index is 5.82. The standard InChI is InChI=1S/C12H20N4O/c1-9-14-11(7-12(15-9)17-2)16-6-4-3-5-10(16)8-13/h7,10H,3-6,8,13H2,1-2H3. The van der Waals surface area contributed by atoms with Gasteiger partial charge < -0.3 is 15.4 Å². The number of nitrogens with zero attached hydrogens (tertiary/aromatic N) is 3. The molecule has 2 N–H and O–H groups in total. The number of aromatic nitrogens is 2. The van der Waals surface area contributed by atoms with Gasteiger partial charge in [0.15, 0.2) is 0 Å². The predicted octanol–water partition coefficient (Wildman–Crippen LogP) is 1.11. The molecule has 17 heavy (non-hydrogen) atoms. The van der Waals surface area contributed by atoms with Crippen molar-refractivity contribution in [2.45, 2.75) is 32.2 Å². The zero-order chi connectivity index (χ0) is 12.3. The molecule has 5 nitrogen and oxygen atoms in total. The van der Waals surface area contributed by atoms with Gasteiger partial charge in [0.25, 0.3) is 0 Å². The molecule has 0 aliphatic carbocycles. The van der Waals surface area contributed by atoms with Crippen LogP contribution in [0.5, 0.6) is 5.88 Å². The summed E-state index contributed by atoms with van der Waals surface area (Å²) in [6.07, 6.45) is 3.59. The fourth-order valence-corrected chi connectivity index (χ4v) is 2.32. The van der Waals surface area contributed by atoms with E-state index in [9.17, 15) is 0 Å². The van der Waals surface area contributed by atoms with E-state index in [1.165, 1.54) is 12.8 Å². The lowest BCUT2D eigenvalue weighted by atomic mass is 10.0. The number of methoxy groups -OCH3 is 1. The van der Waals surface area contributed by atoms with Gasteiger partial charge in [-0.2, -0.15) is 4.98 Å². The van der Waals surface area contributed by atoms with E-state index in [1.54, 1.807) is 7.11 Å². The van der Waals surface area contributed by atoms with E-state index in [-0.39, 0.29) is 0 Å². The number of aryl methyl sites for hydroxylation is 1. The molecule has 1 fully saturated rings. The molecule has 0 bridgehead atoms. The van der Waals surface area contributed by atoms with E-state index < -0.39 is 0 Å². The van der Waals surface area contributed by atoms with Crippen LogP contribution in [0.1, 0.15) is 25.1 Å². The van der Waals surface area contributed by atoms with E-state index in [0.717, 1.165) is 24.6 Å². The van der Waals surface area contributed by atoms with Gasteiger partial charge in [-0.15, -0.1) is 0 Å². The third-order valence-electron chi connectivity index (χ3n) is 3.20. The number of piperidine rings is 1. The second-order valence-electron chi connectivity index (χ2n) is 4.39. The van der Waals surface area contributed by atoms with Crippen molar-refractivity contribution in [2.75, 3.05) is 25.1 Å². The van der Waals surface area contributed by atoms with Crippen LogP contribution in [0, 0.1) is 6.92 Å². The van der Waals surface area contributed by atoms with Gasteiger partial charge in [-0.3, -0.25) is 0 Å². The summed E-state index contributed by atoms with van der Waals surface area (Å²) in [5.74, 6) is 2.29. The molecule has 1 aliphatic rings. The Labute approximate surface area is 102 Å². The Bertz CT molecular complexity index is 383. The highest BCUT2D eigenvalue weighted by Crippen LogP contribution is 2.24. The van der Waals surface area contributed by atoms with Crippen LogP contribution in [-0.4, -0.2) is 36.2 Å². The molecule has 1 aromatic heterocycles. The molecule has 94 valence electrons. The van der Waals surface area contributed by atoms with Crippen molar-refractivity contribution < 1.29 is 4.74 Å². The normalized spacial score (nSPS) is 20.4. The molecule has 1 aliphatic heterocycles. The van der Waals surface area contributed by atoms with Crippen molar-refractivity contribution >= 4 is 5.82 Å². The molecule has 0 spiro atoms. The second-order valence-corrected chi connectivity index (χ2v) is 4.39. The molecule has 2 rings (SSSR count). The fraction of sp³-hybridized carbons (Fsp3) is 0.667. The molecule has 0 amide bonds. The van der Waals surface area contributed by atoms with Crippen LogP contribution in [0.25, 0.3) is 0 Å². The summed E-state index contributed by atoms with van der Waals surface area (Å²) in [6.45, 7) is 3.57. The molecule has 1 atom stereocenters. The Hall–Kier alpha value is -1.36. The number of nitrogens with two attached hydrogens (primary N) is 1. The minimum absolute atomic E-state index is 0.391. The maximum Gasteiger partial charge on any atom is 0.218 e. The summed E-state index contributed by atoms with van der Waals surface area (Å²) in [7, 11) is 1.63. The third kappa shape index (κ3) is 2.66. The minimum Gasteiger partial charge on any atom is -0.481 e. The van der Waals surface area contributed by atoms with Gasteiger partial charge >= 0.3 is 0 Å². The minimum atomic E-state index is 0.391. The van der Waals surface area contributed by atoms with Gasteiger partial charge in [0.05, 0.1) is 7.11 Å². The number of ether oxygens (including phenoxy) is 1. The Morgan fingerprint density at radius 2 is 2.29 bits per heavy atom. The molecule has 0 aromatic carbocycles. The van der Waals surface area contributed by atoms with E-state index in [4.69, 9.17) is 10.5 Å². The van der Waals surface area contributed by atoms with E-state index in [0.29, 0.717) is 18.5 Å². The van der Waals surface area contributed by atoms with E-state index >= 15 is 0 Å². The summed E-state index contributed by atoms with van der Waals surface area (Å²) >= 11 is 0. The fourth-order valence-electron chi connectivity index (χ4n) is 2.32. The zero-order valence-corrected chi connectivity index (χ0v) is 10.5. The molecule has 5 heteroatoms. The third-order valence-corrected chi connectivity index (χ3v) is 3.20. The lowest BCUT2D eigenvalue weighted by Gasteiger charge is -2.36. The predicted molar refractivity (Wildman–Crippen MR) is 67.4 cm³/mol. The van der Waals surface area contributed by atoms with Crippen molar-refractivity contribution in [3.8, 4) is 5.88 Å². The summed E-state index contributed by atoms with van der Waals surface area (Å²) < 4.78 is 5.19. The van der Waals surface area contributed by atoms with E-state index in [2.05, 4.69) is 14.9 Å². The van der Waals surface area contributed by atoms with Crippen LogP contribution in [0.15, 0.2) is 6.07 Å². The first-order valence-corrected chi connectivity index (χ1v) is 6.11. The monoisotopic (exact) mass is 236 g/mol. The smallest absolute Gasteiger partial charge is 0.218 e.